The summed E-state index contributed by atoms with van der Waals surface area (Å²) in [5.74, 6) is 1.44. The summed E-state index contributed by atoms with van der Waals surface area (Å²) < 4.78 is 21.4. The molecule has 29 heavy (non-hydrogen) atoms. The van der Waals surface area contributed by atoms with Crippen molar-refractivity contribution in [2.75, 3.05) is 26.6 Å². The zero-order valence-electron chi connectivity index (χ0n) is 15.9. The second-order valence-electron chi connectivity index (χ2n) is 5.61. The molecule has 0 bridgehead atoms. The van der Waals surface area contributed by atoms with Gasteiger partial charge in [0.2, 0.25) is 10.9 Å². The molecule has 0 aliphatic carbocycles. The van der Waals surface area contributed by atoms with Gasteiger partial charge in [0.15, 0.2) is 16.5 Å². The van der Waals surface area contributed by atoms with Crippen LogP contribution in [0, 0.1) is 0 Å². The van der Waals surface area contributed by atoms with Crippen LogP contribution in [0.2, 0.25) is 5.02 Å². The number of amides is 1. The lowest BCUT2D eigenvalue weighted by Gasteiger charge is -2.13. The minimum absolute atomic E-state index is 0.222. The molecule has 152 valence electrons. The Morgan fingerprint density at radius 1 is 1.03 bits per heavy atom. The van der Waals surface area contributed by atoms with Crippen molar-refractivity contribution >= 4 is 34.0 Å². The van der Waals surface area contributed by atoms with Gasteiger partial charge >= 0.3 is 0 Å². The quantitative estimate of drug-likeness (QED) is 0.570. The number of anilines is 1. The van der Waals surface area contributed by atoms with Crippen LogP contribution in [0.1, 0.15) is 15.4 Å². The smallest absolute Gasteiger partial charge is 0.257 e. The van der Waals surface area contributed by atoms with Crippen molar-refractivity contribution in [3.63, 3.8) is 0 Å². The highest BCUT2D eigenvalue weighted by molar-refractivity contribution is 7.15. The minimum atomic E-state index is -0.384. The minimum Gasteiger partial charge on any atom is -0.493 e. The fourth-order valence-electron chi connectivity index (χ4n) is 2.42. The van der Waals surface area contributed by atoms with E-state index in [2.05, 4.69) is 15.5 Å². The Balaban J connectivity index is 1.67. The van der Waals surface area contributed by atoms with Crippen molar-refractivity contribution < 1.29 is 23.7 Å². The van der Waals surface area contributed by atoms with E-state index in [4.69, 9.17) is 30.5 Å². The first-order valence-corrected chi connectivity index (χ1v) is 9.55. The SMILES string of the molecule is COc1cc(C(=O)Nc2nnc(COc3ccc(Cl)cc3)s2)cc(OC)c1OC. The molecule has 2 aromatic carbocycles. The molecule has 0 unspecified atom stereocenters. The van der Waals surface area contributed by atoms with Gasteiger partial charge < -0.3 is 18.9 Å². The summed E-state index contributed by atoms with van der Waals surface area (Å²) in [6, 6.07) is 10.1. The maximum atomic E-state index is 12.6. The number of nitrogens with zero attached hydrogens (tertiary/aromatic N) is 2. The number of carbonyl (C=O) groups is 1. The summed E-state index contributed by atoms with van der Waals surface area (Å²) in [4.78, 5) is 12.6. The maximum Gasteiger partial charge on any atom is 0.257 e. The number of ether oxygens (including phenoxy) is 4. The van der Waals surface area contributed by atoms with Crippen molar-refractivity contribution in [2.24, 2.45) is 0 Å². The molecular formula is C19H18ClN3O5S. The number of methoxy groups -OCH3 is 3. The summed E-state index contributed by atoms with van der Waals surface area (Å²) >= 11 is 7.06. The number of carbonyl (C=O) groups excluding carboxylic acids is 1. The van der Waals surface area contributed by atoms with Gasteiger partial charge in [-0.25, -0.2) is 0 Å². The second-order valence-corrected chi connectivity index (χ2v) is 7.11. The predicted octanol–water partition coefficient (Wildman–Crippen LogP) is 4.05. The van der Waals surface area contributed by atoms with Crippen LogP contribution >= 0.6 is 22.9 Å². The third kappa shape index (κ3) is 5.07. The maximum absolute atomic E-state index is 12.6. The first-order valence-electron chi connectivity index (χ1n) is 8.36. The summed E-state index contributed by atoms with van der Waals surface area (Å²) in [6.45, 7) is 0.222. The molecular weight excluding hydrogens is 418 g/mol. The number of rotatable bonds is 8. The van der Waals surface area contributed by atoms with Crippen LogP contribution in [0.25, 0.3) is 0 Å². The Kier molecular flexibility index (Phi) is 6.73. The molecule has 0 aliphatic heterocycles. The molecule has 1 amide bonds. The lowest BCUT2D eigenvalue weighted by Crippen LogP contribution is -2.12. The predicted molar refractivity (Wildman–Crippen MR) is 110 cm³/mol. The largest absolute Gasteiger partial charge is 0.493 e. The van der Waals surface area contributed by atoms with Crippen LogP contribution in [0.4, 0.5) is 5.13 Å². The number of nitrogens with one attached hydrogen (secondary N) is 1. The second kappa shape index (κ2) is 9.44. The standard InChI is InChI=1S/C19H18ClN3O5S/c1-25-14-8-11(9-15(26-2)17(14)27-3)18(24)21-19-23-22-16(29-19)10-28-13-6-4-12(20)5-7-13/h4-9H,10H2,1-3H3,(H,21,23,24). The average molecular weight is 436 g/mol. The van der Waals surface area contributed by atoms with Gasteiger partial charge in [-0.05, 0) is 36.4 Å². The normalized spacial score (nSPS) is 10.3. The highest BCUT2D eigenvalue weighted by Crippen LogP contribution is 2.38. The van der Waals surface area contributed by atoms with Crippen molar-refractivity contribution in [3.8, 4) is 23.0 Å². The molecule has 0 spiro atoms. The Bertz CT molecular complexity index is 969. The summed E-state index contributed by atoms with van der Waals surface area (Å²) in [6.07, 6.45) is 0. The van der Waals surface area contributed by atoms with Crippen molar-refractivity contribution in [1.29, 1.82) is 0 Å². The number of hydrogen-bond acceptors (Lipinski definition) is 8. The van der Waals surface area contributed by atoms with Crippen molar-refractivity contribution in [1.82, 2.24) is 10.2 Å². The fourth-order valence-corrected chi connectivity index (χ4v) is 3.19. The van der Waals surface area contributed by atoms with E-state index in [0.717, 1.165) is 0 Å². The topological polar surface area (TPSA) is 91.8 Å². The Hall–Kier alpha value is -3.04. The van der Waals surface area contributed by atoms with Crippen molar-refractivity contribution in [2.45, 2.75) is 6.61 Å². The van der Waals surface area contributed by atoms with Gasteiger partial charge in [-0.15, -0.1) is 10.2 Å². The van der Waals surface area contributed by atoms with Gasteiger partial charge in [-0.1, -0.05) is 22.9 Å². The van der Waals surface area contributed by atoms with E-state index < -0.39 is 0 Å². The first kappa shape index (κ1) is 20.7. The molecule has 1 heterocycles. The lowest BCUT2D eigenvalue weighted by molar-refractivity contribution is 0.102. The molecule has 0 saturated carbocycles. The molecule has 0 saturated heterocycles. The van der Waals surface area contributed by atoms with Gasteiger partial charge in [-0.3, -0.25) is 10.1 Å². The van der Waals surface area contributed by atoms with Gasteiger partial charge in [0.05, 0.1) is 21.3 Å². The van der Waals surface area contributed by atoms with Crippen LogP contribution in [0.3, 0.4) is 0 Å². The molecule has 3 aromatic rings. The molecule has 0 atom stereocenters. The van der Waals surface area contributed by atoms with Crippen molar-refractivity contribution in [3.05, 3.63) is 52.0 Å². The molecule has 0 fully saturated rings. The van der Waals surface area contributed by atoms with E-state index in [1.807, 2.05) is 0 Å². The monoisotopic (exact) mass is 435 g/mol. The average Bonchev–Trinajstić information content (AvgIpc) is 3.19. The molecule has 8 nitrogen and oxygen atoms in total. The summed E-state index contributed by atoms with van der Waals surface area (Å²) in [7, 11) is 4.46. The third-order valence-electron chi connectivity index (χ3n) is 3.79. The third-order valence-corrected chi connectivity index (χ3v) is 4.85. The molecule has 0 aliphatic rings. The molecule has 1 N–H and O–H groups in total. The first-order chi connectivity index (χ1) is 14.0. The fraction of sp³-hybridized carbons (Fsp3) is 0.211. The Morgan fingerprint density at radius 2 is 1.69 bits per heavy atom. The molecule has 0 radical (unpaired) electrons. The van der Waals surface area contributed by atoms with Gasteiger partial charge in [0.1, 0.15) is 12.4 Å². The van der Waals surface area contributed by atoms with E-state index in [-0.39, 0.29) is 12.5 Å². The van der Waals surface area contributed by atoms with Gasteiger partial charge in [-0.2, -0.15) is 0 Å². The van der Waals surface area contributed by atoms with Crippen LogP contribution in [0.5, 0.6) is 23.0 Å². The Morgan fingerprint density at radius 3 is 2.28 bits per heavy atom. The van der Waals surface area contributed by atoms with E-state index >= 15 is 0 Å². The van der Waals surface area contributed by atoms with Crippen LogP contribution in [-0.4, -0.2) is 37.4 Å². The van der Waals surface area contributed by atoms with E-state index in [1.165, 1.54) is 32.7 Å². The number of benzene rings is 2. The highest BCUT2D eigenvalue weighted by Gasteiger charge is 2.18. The van der Waals surface area contributed by atoms with Crippen LogP contribution in [0.15, 0.2) is 36.4 Å². The number of hydrogen-bond donors (Lipinski definition) is 1. The van der Waals surface area contributed by atoms with E-state index in [0.29, 0.717) is 43.7 Å². The van der Waals surface area contributed by atoms with Gasteiger partial charge in [0, 0.05) is 10.6 Å². The molecule has 10 heteroatoms. The Labute approximate surface area is 176 Å². The zero-order chi connectivity index (χ0) is 20.8. The zero-order valence-corrected chi connectivity index (χ0v) is 17.5. The number of halogens is 1. The molecule has 1 aromatic heterocycles. The highest BCUT2D eigenvalue weighted by atomic mass is 35.5. The van der Waals surface area contributed by atoms with E-state index in [9.17, 15) is 4.79 Å². The lowest BCUT2D eigenvalue weighted by atomic mass is 10.1. The van der Waals surface area contributed by atoms with Crippen LogP contribution in [-0.2, 0) is 6.61 Å². The van der Waals surface area contributed by atoms with E-state index in [1.54, 1.807) is 36.4 Å². The number of aromatic nitrogens is 2. The summed E-state index contributed by atoms with van der Waals surface area (Å²) in [5, 5.41) is 12.3. The molecule has 3 rings (SSSR count). The summed E-state index contributed by atoms with van der Waals surface area (Å²) in [5.41, 5.74) is 0.327. The van der Waals surface area contributed by atoms with Gasteiger partial charge in [0.25, 0.3) is 5.91 Å². The van der Waals surface area contributed by atoms with Crippen LogP contribution < -0.4 is 24.3 Å².